The van der Waals surface area contributed by atoms with Crippen molar-refractivity contribution in [2.24, 2.45) is 11.5 Å². The van der Waals surface area contributed by atoms with Gasteiger partial charge in [0.15, 0.2) is 5.82 Å². The first-order chi connectivity index (χ1) is 33.2. The molecule has 0 aliphatic heterocycles. The number of hydrogen-bond donors (Lipinski definition) is 6. The Hall–Kier alpha value is -8.34. The number of aliphatic hydroxyl groups is 1. The summed E-state index contributed by atoms with van der Waals surface area (Å²) < 4.78 is 24.3. The number of primary amides is 2. The van der Waals surface area contributed by atoms with E-state index in [1.807, 2.05) is 43.6 Å². The largest absolute Gasteiger partial charge is 0.491 e. The van der Waals surface area contributed by atoms with Gasteiger partial charge in [0.25, 0.3) is 5.91 Å². The number of carboxylic acid groups (broad SMARTS) is 1. The number of aliphatic hydroxyl groups excluding tert-OH is 1. The minimum absolute atomic E-state index is 0.0803. The summed E-state index contributed by atoms with van der Waals surface area (Å²) in [6.45, 7) is 8.74. The van der Waals surface area contributed by atoms with Crippen LogP contribution in [0.3, 0.4) is 0 Å². The maximum absolute atomic E-state index is 13.8. The van der Waals surface area contributed by atoms with Gasteiger partial charge in [-0.05, 0) is 70.5 Å². The molecule has 5 aromatic heterocycles. The van der Waals surface area contributed by atoms with Crippen molar-refractivity contribution in [2.45, 2.75) is 73.1 Å². The number of carbonyl (C=O) groups is 5. The second-order valence-electron chi connectivity index (χ2n) is 15.8. The van der Waals surface area contributed by atoms with Gasteiger partial charge in [0.05, 0.1) is 42.1 Å². The number of nitrogens with zero attached hydrogens (tertiary/aromatic N) is 9. The van der Waals surface area contributed by atoms with Crippen LogP contribution in [0.2, 0.25) is 0 Å². The number of nitrogens with two attached hydrogens (primary N) is 2. The van der Waals surface area contributed by atoms with Crippen LogP contribution in [0.5, 0.6) is 11.5 Å². The highest BCUT2D eigenvalue weighted by Crippen LogP contribution is 2.37. The monoisotopic (exact) mass is 947 g/mol. The van der Waals surface area contributed by atoms with E-state index in [0.717, 1.165) is 5.69 Å². The van der Waals surface area contributed by atoms with Crippen LogP contribution >= 0.6 is 0 Å². The minimum Gasteiger partial charge on any atom is -0.491 e. The predicted octanol–water partition coefficient (Wildman–Crippen LogP) is 4.09. The van der Waals surface area contributed by atoms with Gasteiger partial charge in [0.1, 0.15) is 40.7 Å². The number of nitrogens with one attached hydrogen (secondary N) is 2. The van der Waals surface area contributed by atoms with Crippen LogP contribution < -0.4 is 31.6 Å². The topological polar surface area (TPSA) is 314 Å². The molecular weight excluding hydrogens is 895 g/mol. The average molecular weight is 948 g/mol. The molecule has 7 aromatic rings. The molecule has 23 nitrogen and oxygen atoms in total. The van der Waals surface area contributed by atoms with Gasteiger partial charge in [-0.1, -0.05) is 12.2 Å². The summed E-state index contributed by atoms with van der Waals surface area (Å²) in [6.07, 6.45) is 4.93. The van der Waals surface area contributed by atoms with Crippen LogP contribution in [0.15, 0.2) is 54.7 Å². The molecule has 0 aliphatic carbocycles. The first-order valence-electron chi connectivity index (χ1n) is 22.2. The van der Waals surface area contributed by atoms with Crippen LogP contribution in [-0.4, -0.2) is 117 Å². The Morgan fingerprint density at radius 3 is 2.10 bits per heavy atom. The number of aryl methyl sites for hydroxylation is 4. The third-order valence-corrected chi connectivity index (χ3v) is 10.8. The summed E-state index contributed by atoms with van der Waals surface area (Å²) in [6, 6.07) is 9.77. The Morgan fingerprint density at radius 2 is 1.42 bits per heavy atom. The van der Waals surface area contributed by atoms with E-state index in [4.69, 9.17) is 45.7 Å². The molecular formula is C46H53N13O10. The minimum atomic E-state index is -1.09. The number of imidazole rings is 1. The molecule has 0 unspecified atom stereocenters. The highest BCUT2D eigenvalue weighted by atomic mass is 16.5. The van der Waals surface area contributed by atoms with E-state index in [-0.39, 0.29) is 75.3 Å². The van der Waals surface area contributed by atoms with Crippen LogP contribution in [0.1, 0.15) is 75.7 Å². The van der Waals surface area contributed by atoms with Gasteiger partial charge in [-0.3, -0.25) is 33.9 Å². The number of rotatable bonds is 23. The van der Waals surface area contributed by atoms with E-state index in [2.05, 4.69) is 20.8 Å². The molecule has 0 saturated heterocycles. The van der Waals surface area contributed by atoms with Crippen LogP contribution in [0, 0.1) is 13.8 Å². The molecule has 0 saturated carbocycles. The summed E-state index contributed by atoms with van der Waals surface area (Å²) >= 11 is 0. The molecule has 2 aromatic carbocycles. The fraction of sp³-hybridized carbons (Fsp3) is 0.348. The number of benzene rings is 2. The van der Waals surface area contributed by atoms with E-state index >= 15 is 0 Å². The lowest BCUT2D eigenvalue weighted by atomic mass is 10.1. The van der Waals surface area contributed by atoms with Gasteiger partial charge in [-0.2, -0.15) is 10.2 Å². The van der Waals surface area contributed by atoms with Gasteiger partial charge in [-0.15, -0.1) is 0 Å². The zero-order valence-electron chi connectivity index (χ0n) is 38.5. The second-order valence-corrected chi connectivity index (χ2v) is 15.8. The number of aliphatic carboxylic acids is 1. The standard InChI is InChI=1S/C46H53N13O10/c1-5-58-33(19-26(3)54-58)42-50-25-31-30-21-28(40(47)63)23-35(67-16-9-12-49-46(66)69-18-11-37(61)62)38(30)56(43(31)52-42)13-7-8-14-57-39-32(22-29(41(48)64)24-36(39)68-17-10-15-60)51-45(57)53-44(65)34-20-27(4)55-59(34)6-2/h7-8,19-25,60H,5-6,9-18H2,1-4H3,(H2,47,63)(H2,48,64)(H,49,66)(H,61,62)(H,51,53,65). The molecule has 0 aliphatic rings. The average Bonchev–Trinajstić information content (AvgIpc) is 4.08. The van der Waals surface area contributed by atoms with Crippen LogP contribution in [-0.2, 0) is 35.7 Å². The Balaban J connectivity index is 1.29. The normalized spacial score (nSPS) is 11.5. The van der Waals surface area contributed by atoms with Crippen molar-refractivity contribution in [1.29, 1.82) is 0 Å². The number of allylic oxidation sites excluding steroid dienone is 2. The lowest BCUT2D eigenvalue weighted by molar-refractivity contribution is -0.137. The lowest BCUT2D eigenvalue weighted by Crippen LogP contribution is -2.27. The molecule has 5 heterocycles. The number of anilines is 1. The molecule has 0 radical (unpaired) electrons. The maximum Gasteiger partial charge on any atom is 0.407 e. The lowest BCUT2D eigenvalue weighted by Gasteiger charge is -2.13. The Bertz CT molecular complexity index is 3110. The van der Waals surface area contributed by atoms with E-state index in [9.17, 15) is 29.1 Å². The Morgan fingerprint density at radius 1 is 0.768 bits per heavy atom. The number of hydrogen-bond acceptors (Lipinski definition) is 14. The number of carbonyl (C=O) groups excluding carboxylic acids is 4. The van der Waals surface area contributed by atoms with E-state index in [1.165, 1.54) is 12.1 Å². The molecule has 0 fully saturated rings. The molecule has 69 heavy (non-hydrogen) atoms. The number of aromatic nitrogens is 9. The Labute approximate surface area is 394 Å². The van der Waals surface area contributed by atoms with E-state index < -0.39 is 29.8 Å². The van der Waals surface area contributed by atoms with Crippen molar-refractivity contribution < 1.29 is 48.4 Å². The zero-order chi connectivity index (χ0) is 49.4. The fourth-order valence-corrected chi connectivity index (χ4v) is 7.71. The number of amides is 4. The van der Waals surface area contributed by atoms with Crippen molar-refractivity contribution in [3.8, 4) is 23.0 Å². The molecule has 7 rings (SSSR count). The van der Waals surface area contributed by atoms with Crippen LogP contribution in [0.4, 0.5) is 10.7 Å². The van der Waals surface area contributed by atoms with E-state index in [0.29, 0.717) is 87.6 Å². The zero-order valence-corrected chi connectivity index (χ0v) is 38.5. The number of alkyl carbamates (subject to hydrolysis) is 1. The van der Waals surface area contributed by atoms with Gasteiger partial charge in [0, 0.05) is 73.8 Å². The molecule has 0 spiro atoms. The first-order valence-corrected chi connectivity index (χ1v) is 22.2. The second kappa shape index (κ2) is 21.5. The van der Waals surface area contributed by atoms with Crippen molar-refractivity contribution in [3.05, 3.63) is 83.0 Å². The van der Waals surface area contributed by atoms with Crippen molar-refractivity contribution in [3.63, 3.8) is 0 Å². The predicted molar refractivity (Wildman–Crippen MR) is 252 cm³/mol. The molecule has 362 valence electrons. The fourth-order valence-electron chi connectivity index (χ4n) is 7.71. The summed E-state index contributed by atoms with van der Waals surface area (Å²) in [5.74, 6) is -1.85. The van der Waals surface area contributed by atoms with Gasteiger partial charge in [0.2, 0.25) is 17.8 Å². The molecule has 4 amide bonds. The van der Waals surface area contributed by atoms with Crippen molar-refractivity contribution >= 4 is 68.7 Å². The third kappa shape index (κ3) is 10.9. The summed E-state index contributed by atoms with van der Waals surface area (Å²) in [5.41, 5.74) is 16.1. The summed E-state index contributed by atoms with van der Waals surface area (Å²) in [7, 11) is 0. The quantitative estimate of drug-likeness (QED) is 0.0389. The van der Waals surface area contributed by atoms with Gasteiger partial charge in [-0.25, -0.2) is 19.7 Å². The Kier molecular flexibility index (Phi) is 15.2. The smallest absolute Gasteiger partial charge is 0.407 e. The number of fused-ring (bicyclic) bond motifs is 4. The van der Waals surface area contributed by atoms with E-state index in [1.54, 1.807) is 45.3 Å². The summed E-state index contributed by atoms with van der Waals surface area (Å²) in [4.78, 5) is 76.4. The number of ether oxygens (including phenoxy) is 3. The maximum atomic E-state index is 13.8. The van der Waals surface area contributed by atoms with Crippen LogP contribution in [0.25, 0.3) is 44.5 Å². The van der Waals surface area contributed by atoms with Crippen molar-refractivity contribution in [1.82, 2.24) is 49.0 Å². The van der Waals surface area contributed by atoms with Gasteiger partial charge < -0.3 is 50.3 Å². The molecule has 8 N–H and O–H groups in total. The number of carboxylic acids is 1. The van der Waals surface area contributed by atoms with Gasteiger partial charge >= 0.3 is 12.1 Å². The first kappa shape index (κ1) is 48.6. The third-order valence-electron chi connectivity index (χ3n) is 10.8. The molecule has 23 heteroatoms. The highest BCUT2D eigenvalue weighted by Gasteiger charge is 2.24. The SMILES string of the molecule is CCn1nc(C)cc1C(=O)Nc1nc2cc(C(N)=O)cc(OCCCO)c2n1CC=CCn1c2nc(-c3cc(C)nn3CC)ncc2c2cc(C(N)=O)cc(OCCCNC(=O)OCCC(=O)O)c21. The highest BCUT2D eigenvalue weighted by molar-refractivity contribution is 6.12. The van der Waals surface area contributed by atoms with Crippen molar-refractivity contribution in [2.75, 3.05) is 38.3 Å². The molecule has 0 atom stereocenters. The molecule has 0 bridgehead atoms. The summed E-state index contributed by atoms with van der Waals surface area (Å²) in [5, 5.41) is 34.0.